The van der Waals surface area contributed by atoms with Crippen LogP contribution in [0.25, 0.3) is 10.2 Å². The number of thiazole rings is 1. The highest BCUT2D eigenvalue weighted by Crippen LogP contribution is 2.27. The Morgan fingerprint density at radius 1 is 1.00 bits per heavy atom. The van der Waals surface area contributed by atoms with Crippen LogP contribution in [0.3, 0.4) is 0 Å². The van der Waals surface area contributed by atoms with Gasteiger partial charge in [-0.3, -0.25) is 14.9 Å². The monoisotopic (exact) mass is 377 g/mol. The van der Waals surface area contributed by atoms with Crippen molar-refractivity contribution in [2.45, 2.75) is 6.92 Å². The Bertz CT molecular complexity index is 1130. The number of fused-ring (bicyclic) bond motifs is 1. The van der Waals surface area contributed by atoms with Crippen LogP contribution in [0.2, 0.25) is 0 Å². The molecule has 0 fully saturated rings. The number of amides is 2. The first-order valence-corrected chi connectivity index (χ1v) is 9.04. The highest BCUT2D eigenvalue weighted by atomic mass is 32.1. The predicted octanol–water partition coefficient (Wildman–Crippen LogP) is 4.70. The number of rotatable bonds is 4. The van der Waals surface area contributed by atoms with Crippen molar-refractivity contribution in [1.29, 1.82) is 0 Å². The molecule has 0 aliphatic heterocycles. The number of hydrogen-bond donors (Lipinski definition) is 2. The maximum absolute atomic E-state index is 12.7. The third-order valence-electron chi connectivity index (χ3n) is 3.93. The van der Waals surface area contributed by atoms with Gasteiger partial charge in [0.05, 0.1) is 27.7 Å². The van der Waals surface area contributed by atoms with E-state index >= 15 is 0 Å². The van der Waals surface area contributed by atoms with E-state index in [0.29, 0.717) is 16.4 Å². The number of aryl methyl sites for hydroxylation is 1. The SMILES string of the molecule is Cc1ccc2nc(NC(=O)c3ccccc3NC(=O)c3ccco3)sc2c1. The van der Waals surface area contributed by atoms with Crippen molar-refractivity contribution in [3.05, 3.63) is 77.7 Å². The van der Waals surface area contributed by atoms with E-state index in [1.54, 1.807) is 36.4 Å². The van der Waals surface area contributed by atoms with Gasteiger partial charge in [-0.15, -0.1) is 0 Å². The van der Waals surface area contributed by atoms with Crippen LogP contribution in [0.15, 0.2) is 65.3 Å². The van der Waals surface area contributed by atoms with Crippen LogP contribution in [0, 0.1) is 6.92 Å². The molecule has 0 bridgehead atoms. The highest BCUT2D eigenvalue weighted by Gasteiger charge is 2.16. The number of carbonyl (C=O) groups is 2. The molecule has 4 rings (SSSR count). The lowest BCUT2D eigenvalue weighted by molar-refractivity contribution is 0.0996. The Labute approximate surface area is 158 Å². The summed E-state index contributed by atoms with van der Waals surface area (Å²) in [5.74, 6) is -0.594. The number of aromatic nitrogens is 1. The molecule has 27 heavy (non-hydrogen) atoms. The van der Waals surface area contributed by atoms with Gasteiger partial charge in [-0.25, -0.2) is 4.98 Å². The molecule has 0 spiro atoms. The maximum atomic E-state index is 12.7. The smallest absolute Gasteiger partial charge is 0.291 e. The van der Waals surface area contributed by atoms with Gasteiger partial charge in [-0.2, -0.15) is 0 Å². The van der Waals surface area contributed by atoms with Gasteiger partial charge < -0.3 is 9.73 Å². The normalized spacial score (nSPS) is 10.7. The number of hydrogen-bond acceptors (Lipinski definition) is 5. The number of benzene rings is 2. The van der Waals surface area contributed by atoms with Crippen LogP contribution >= 0.6 is 11.3 Å². The topological polar surface area (TPSA) is 84.2 Å². The van der Waals surface area contributed by atoms with Crippen LogP contribution in [0.1, 0.15) is 26.5 Å². The Morgan fingerprint density at radius 3 is 2.67 bits per heavy atom. The molecule has 0 atom stereocenters. The molecule has 0 unspecified atom stereocenters. The lowest BCUT2D eigenvalue weighted by atomic mass is 10.1. The molecule has 2 amide bonds. The quantitative estimate of drug-likeness (QED) is 0.540. The first kappa shape index (κ1) is 17.0. The lowest BCUT2D eigenvalue weighted by Gasteiger charge is -2.09. The Morgan fingerprint density at radius 2 is 1.85 bits per heavy atom. The summed E-state index contributed by atoms with van der Waals surface area (Å²) in [6, 6.07) is 15.9. The summed E-state index contributed by atoms with van der Waals surface area (Å²) in [6.45, 7) is 2.01. The minimum Gasteiger partial charge on any atom is -0.459 e. The second-order valence-electron chi connectivity index (χ2n) is 5.92. The number of nitrogens with zero attached hydrogens (tertiary/aromatic N) is 1. The summed E-state index contributed by atoms with van der Waals surface area (Å²) in [4.78, 5) is 29.4. The standard InChI is InChI=1S/C20H15N3O3S/c1-12-8-9-15-17(11-12)27-20(22-15)23-18(24)13-5-2-3-6-14(13)21-19(25)16-7-4-10-26-16/h2-11H,1H3,(H,21,25)(H,22,23,24). The molecule has 0 saturated heterocycles. The first-order valence-electron chi connectivity index (χ1n) is 8.22. The van der Waals surface area contributed by atoms with E-state index in [1.807, 2.05) is 25.1 Å². The molecule has 6 nitrogen and oxygen atoms in total. The predicted molar refractivity (Wildman–Crippen MR) is 105 cm³/mol. The molecule has 7 heteroatoms. The highest BCUT2D eigenvalue weighted by molar-refractivity contribution is 7.22. The van der Waals surface area contributed by atoms with Crippen LogP contribution in [-0.4, -0.2) is 16.8 Å². The fourth-order valence-corrected chi connectivity index (χ4v) is 3.59. The fourth-order valence-electron chi connectivity index (χ4n) is 2.63. The largest absolute Gasteiger partial charge is 0.459 e. The van der Waals surface area contributed by atoms with E-state index < -0.39 is 5.91 Å². The molecule has 2 aromatic heterocycles. The molecule has 0 aliphatic carbocycles. The zero-order chi connectivity index (χ0) is 18.8. The van der Waals surface area contributed by atoms with Crippen LogP contribution in [0.5, 0.6) is 0 Å². The van der Waals surface area contributed by atoms with Crippen molar-refractivity contribution in [2.24, 2.45) is 0 Å². The average Bonchev–Trinajstić information content (AvgIpc) is 3.31. The molecule has 2 N–H and O–H groups in total. The van der Waals surface area contributed by atoms with E-state index in [9.17, 15) is 9.59 Å². The van der Waals surface area contributed by atoms with E-state index in [4.69, 9.17) is 4.42 Å². The van der Waals surface area contributed by atoms with E-state index in [2.05, 4.69) is 15.6 Å². The number of para-hydroxylation sites is 1. The molecule has 134 valence electrons. The van der Waals surface area contributed by atoms with E-state index in [-0.39, 0.29) is 11.7 Å². The Balaban J connectivity index is 1.57. The van der Waals surface area contributed by atoms with Crippen molar-refractivity contribution >= 4 is 44.2 Å². The van der Waals surface area contributed by atoms with Crippen molar-refractivity contribution in [2.75, 3.05) is 10.6 Å². The summed E-state index contributed by atoms with van der Waals surface area (Å²) in [7, 11) is 0. The molecule has 0 aliphatic rings. The molecule has 0 saturated carbocycles. The zero-order valence-corrected chi connectivity index (χ0v) is 15.2. The lowest BCUT2D eigenvalue weighted by Crippen LogP contribution is -2.17. The van der Waals surface area contributed by atoms with E-state index in [1.165, 1.54) is 17.6 Å². The van der Waals surface area contributed by atoms with Crippen LogP contribution in [0.4, 0.5) is 10.8 Å². The van der Waals surface area contributed by atoms with Crippen molar-refractivity contribution in [3.63, 3.8) is 0 Å². The van der Waals surface area contributed by atoms with Gasteiger partial charge in [0.1, 0.15) is 0 Å². The zero-order valence-electron chi connectivity index (χ0n) is 14.4. The molecule has 0 radical (unpaired) electrons. The average molecular weight is 377 g/mol. The summed E-state index contributed by atoms with van der Waals surface area (Å²) in [6.07, 6.45) is 1.42. The van der Waals surface area contributed by atoms with Gasteiger partial charge in [-0.1, -0.05) is 29.5 Å². The molecule has 2 aromatic carbocycles. The molecule has 4 aromatic rings. The van der Waals surface area contributed by atoms with Crippen molar-refractivity contribution in [1.82, 2.24) is 4.98 Å². The third-order valence-corrected chi connectivity index (χ3v) is 4.86. The van der Waals surface area contributed by atoms with Crippen LogP contribution in [-0.2, 0) is 0 Å². The van der Waals surface area contributed by atoms with Gasteiger partial charge in [0.2, 0.25) is 0 Å². The molecule has 2 heterocycles. The third kappa shape index (κ3) is 3.58. The minimum atomic E-state index is -0.421. The van der Waals surface area contributed by atoms with Gasteiger partial charge in [-0.05, 0) is 48.9 Å². The van der Waals surface area contributed by atoms with Crippen molar-refractivity contribution < 1.29 is 14.0 Å². The van der Waals surface area contributed by atoms with E-state index in [0.717, 1.165) is 15.8 Å². The second-order valence-corrected chi connectivity index (χ2v) is 6.95. The van der Waals surface area contributed by atoms with Gasteiger partial charge >= 0.3 is 0 Å². The summed E-state index contributed by atoms with van der Waals surface area (Å²) in [5, 5.41) is 6.02. The summed E-state index contributed by atoms with van der Waals surface area (Å²) in [5.41, 5.74) is 2.71. The second kappa shape index (κ2) is 7.05. The minimum absolute atomic E-state index is 0.173. The fraction of sp³-hybridized carbons (Fsp3) is 0.0500. The maximum Gasteiger partial charge on any atom is 0.291 e. The number of anilines is 2. The van der Waals surface area contributed by atoms with Crippen LogP contribution < -0.4 is 10.6 Å². The summed E-state index contributed by atoms with van der Waals surface area (Å²) < 4.78 is 6.09. The molecular formula is C20H15N3O3S. The number of nitrogens with one attached hydrogen (secondary N) is 2. The Kier molecular flexibility index (Phi) is 4.43. The van der Waals surface area contributed by atoms with Crippen molar-refractivity contribution in [3.8, 4) is 0 Å². The van der Waals surface area contributed by atoms with Gasteiger partial charge in [0, 0.05) is 0 Å². The van der Waals surface area contributed by atoms with Gasteiger partial charge in [0.25, 0.3) is 11.8 Å². The van der Waals surface area contributed by atoms with Gasteiger partial charge in [0.15, 0.2) is 10.9 Å². The molecular weight excluding hydrogens is 362 g/mol. The number of carbonyl (C=O) groups excluding carboxylic acids is 2. The first-order chi connectivity index (χ1) is 13.1. The number of furan rings is 1. The summed E-state index contributed by atoms with van der Waals surface area (Å²) >= 11 is 1.41. The Hall–Kier alpha value is -3.45.